The first-order valence-corrected chi connectivity index (χ1v) is 11.5. The summed E-state index contributed by atoms with van der Waals surface area (Å²) in [4.78, 5) is 13.1. The molecule has 5 rings (SSSR count). The summed E-state index contributed by atoms with van der Waals surface area (Å²) in [5.74, 6) is 0.0727. The molecule has 9 heteroatoms. The highest BCUT2D eigenvalue weighted by molar-refractivity contribution is 9.10. The summed E-state index contributed by atoms with van der Waals surface area (Å²) >= 11 is 9.76. The van der Waals surface area contributed by atoms with Crippen molar-refractivity contribution < 1.29 is 9.32 Å². The first kappa shape index (κ1) is 22.1. The van der Waals surface area contributed by atoms with Crippen LogP contribution in [0, 0.1) is 6.92 Å². The van der Waals surface area contributed by atoms with Gasteiger partial charge in [0.25, 0.3) is 5.91 Å². The van der Waals surface area contributed by atoms with Crippen molar-refractivity contribution in [2.75, 3.05) is 5.32 Å². The molecule has 1 N–H and O–H groups in total. The molecular weight excluding hydrogens is 518 g/mol. The molecule has 5 aromatic rings. The van der Waals surface area contributed by atoms with Gasteiger partial charge in [0, 0.05) is 21.3 Å². The number of hydrogen-bond donors (Lipinski definition) is 1. The van der Waals surface area contributed by atoms with Crippen LogP contribution < -0.4 is 5.32 Å². The number of carbonyl (C=O) groups is 1. The van der Waals surface area contributed by atoms with E-state index < -0.39 is 0 Å². The van der Waals surface area contributed by atoms with Gasteiger partial charge in [-0.1, -0.05) is 68.2 Å². The molecule has 0 radical (unpaired) electrons. The fraction of sp³-hybridized carbons (Fsp3) is 0.0400. The Morgan fingerprint density at radius 1 is 1.03 bits per heavy atom. The first-order valence-electron chi connectivity index (χ1n) is 10.3. The highest BCUT2D eigenvalue weighted by Crippen LogP contribution is 2.31. The molecule has 0 fully saturated rings. The first-order chi connectivity index (χ1) is 16.5. The number of rotatable bonds is 5. The van der Waals surface area contributed by atoms with E-state index in [1.54, 1.807) is 42.1 Å². The van der Waals surface area contributed by atoms with Crippen LogP contribution in [0.1, 0.15) is 16.1 Å². The SMILES string of the molecule is Cc1onc(-c2ccccc2Cl)c1C(=O)Nc1ccc(-n2nncc2-c2ccc(Br)cc2)cc1. The Morgan fingerprint density at radius 2 is 1.76 bits per heavy atom. The summed E-state index contributed by atoms with van der Waals surface area (Å²) in [6.45, 7) is 1.69. The smallest absolute Gasteiger partial charge is 0.261 e. The summed E-state index contributed by atoms with van der Waals surface area (Å²) in [5, 5.41) is 15.7. The molecule has 0 aliphatic heterocycles. The molecule has 0 spiro atoms. The number of halogens is 2. The van der Waals surface area contributed by atoms with E-state index in [-0.39, 0.29) is 5.91 Å². The quantitative estimate of drug-likeness (QED) is 0.276. The maximum Gasteiger partial charge on any atom is 0.261 e. The number of nitrogens with zero attached hydrogens (tertiary/aromatic N) is 4. The predicted molar refractivity (Wildman–Crippen MR) is 134 cm³/mol. The van der Waals surface area contributed by atoms with E-state index in [0.717, 1.165) is 21.4 Å². The van der Waals surface area contributed by atoms with Crippen molar-refractivity contribution in [2.45, 2.75) is 6.92 Å². The number of benzene rings is 3. The Labute approximate surface area is 208 Å². The van der Waals surface area contributed by atoms with E-state index in [1.807, 2.05) is 48.5 Å². The van der Waals surface area contributed by atoms with Crippen molar-refractivity contribution in [1.29, 1.82) is 0 Å². The van der Waals surface area contributed by atoms with Crippen molar-refractivity contribution >= 4 is 39.1 Å². The van der Waals surface area contributed by atoms with Crippen molar-refractivity contribution in [3.63, 3.8) is 0 Å². The molecule has 0 saturated heterocycles. The van der Waals surface area contributed by atoms with Gasteiger partial charge in [0.05, 0.1) is 22.6 Å². The minimum Gasteiger partial charge on any atom is -0.360 e. The average molecular weight is 535 g/mol. The summed E-state index contributed by atoms with van der Waals surface area (Å²) in [6.07, 6.45) is 1.71. The van der Waals surface area contributed by atoms with E-state index in [0.29, 0.717) is 33.3 Å². The lowest BCUT2D eigenvalue weighted by molar-refractivity contribution is 0.102. The van der Waals surface area contributed by atoms with Gasteiger partial charge < -0.3 is 9.84 Å². The monoisotopic (exact) mass is 533 g/mol. The van der Waals surface area contributed by atoms with E-state index in [1.165, 1.54) is 0 Å². The molecule has 2 aromatic heterocycles. The third-order valence-electron chi connectivity index (χ3n) is 5.28. The molecule has 0 unspecified atom stereocenters. The highest BCUT2D eigenvalue weighted by Gasteiger charge is 2.23. The molecule has 34 heavy (non-hydrogen) atoms. The zero-order valence-electron chi connectivity index (χ0n) is 17.9. The van der Waals surface area contributed by atoms with Gasteiger partial charge in [-0.2, -0.15) is 0 Å². The van der Waals surface area contributed by atoms with Crippen LogP contribution in [-0.4, -0.2) is 26.1 Å². The third-order valence-corrected chi connectivity index (χ3v) is 6.14. The summed E-state index contributed by atoms with van der Waals surface area (Å²) in [7, 11) is 0. The number of aryl methyl sites for hydroxylation is 1. The second-order valence-electron chi connectivity index (χ2n) is 7.48. The fourth-order valence-electron chi connectivity index (χ4n) is 3.60. The summed E-state index contributed by atoms with van der Waals surface area (Å²) in [6, 6.07) is 22.4. The van der Waals surface area contributed by atoms with Crippen LogP contribution in [0.4, 0.5) is 5.69 Å². The zero-order chi connectivity index (χ0) is 23.7. The summed E-state index contributed by atoms with van der Waals surface area (Å²) in [5.41, 5.74) is 4.64. The molecule has 168 valence electrons. The van der Waals surface area contributed by atoms with Crippen LogP contribution in [0.2, 0.25) is 5.02 Å². The lowest BCUT2D eigenvalue weighted by Crippen LogP contribution is -2.13. The number of carbonyl (C=O) groups excluding carboxylic acids is 1. The Balaban J connectivity index is 1.39. The standard InChI is InChI=1S/C25H17BrClN5O2/c1-15-23(24(30-34-15)20-4-2-3-5-21(20)27)25(33)29-18-10-12-19(13-11-18)32-22(14-28-31-32)16-6-8-17(26)9-7-16/h2-14H,1H3,(H,29,33). The number of nitrogens with one attached hydrogen (secondary N) is 1. The van der Waals surface area contributed by atoms with E-state index >= 15 is 0 Å². The maximum absolute atomic E-state index is 13.1. The fourth-order valence-corrected chi connectivity index (χ4v) is 4.09. The van der Waals surface area contributed by atoms with Gasteiger partial charge in [-0.25, -0.2) is 4.68 Å². The molecular formula is C25H17BrClN5O2. The minimum atomic E-state index is -0.335. The van der Waals surface area contributed by atoms with E-state index in [9.17, 15) is 4.79 Å². The van der Waals surface area contributed by atoms with Crippen LogP contribution in [0.5, 0.6) is 0 Å². The Bertz CT molecular complexity index is 1480. The van der Waals surface area contributed by atoms with Crippen molar-refractivity contribution in [1.82, 2.24) is 20.2 Å². The average Bonchev–Trinajstić information content (AvgIpc) is 3.47. The van der Waals surface area contributed by atoms with Gasteiger partial charge >= 0.3 is 0 Å². The number of amides is 1. The largest absolute Gasteiger partial charge is 0.360 e. The van der Waals surface area contributed by atoms with Crippen molar-refractivity contribution in [3.05, 3.63) is 99.8 Å². The molecule has 7 nitrogen and oxygen atoms in total. The molecule has 1 amide bonds. The van der Waals surface area contributed by atoms with Crippen LogP contribution in [0.15, 0.2) is 88.0 Å². The van der Waals surface area contributed by atoms with Crippen LogP contribution in [0.3, 0.4) is 0 Å². The topological polar surface area (TPSA) is 85.8 Å². The van der Waals surface area contributed by atoms with Gasteiger partial charge in [-0.05, 0) is 49.4 Å². The van der Waals surface area contributed by atoms with E-state index in [2.05, 4.69) is 36.7 Å². The molecule has 0 aliphatic carbocycles. The lowest BCUT2D eigenvalue weighted by atomic mass is 10.1. The molecule has 0 atom stereocenters. The molecule has 3 aromatic carbocycles. The van der Waals surface area contributed by atoms with Crippen LogP contribution >= 0.6 is 27.5 Å². The number of aromatic nitrogens is 4. The summed E-state index contributed by atoms with van der Waals surface area (Å²) < 4.78 is 8.04. The maximum atomic E-state index is 13.1. The normalized spacial score (nSPS) is 10.9. The second-order valence-corrected chi connectivity index (χ2v) is 8.80. The van der Waals surface area contributed by atoms with Gasteiger partial charge in [0.1, 0.15) is 17.0 Å². The third kappa shape index (κ3) is 4.25. The van der Waals surface area contributed by atoms with Gasteiger partial charge in [-0.15, -0.1) is 5.10 Å². The van der Waals surface area contributed by atoms with Gasteiger partial charge in [0.15, 0.2) is 0 Å². The van der Waals surface area contributed by atoms with Gasteiger partial charge in [0.2, 0.25) is 0 Å². The van der Waals surface area contributed by atoms with Crippen molar-refractivity contribution in [2.24, 2.45) is 0 Å². The predicted octanol–water partition coefficient (Wildman–Crippen LogP) is 6.57. The zero-order valence-corrected chi connectivity index (χ0v) is 20.2. The number of anilines is 1. The van der Waals surface area contributed by atoms with Crippen molar-refractivity contribution in [3.8, 4) is 28.2 Å². The molecule has 0 saturated carbocycles. The highest BCUT2D eigenvalue weighted by atomic mass is 79.9. The second kappa shape index (κ2) is 9.24. The van der Waals surface area contributed by atoms with Crippen LogP contribution in [0.25, 0.3) is 28.2 Å². The Morgan fingerprint density at radius 3 is 2.50 bits per heavy atom. The van der Waals surface area contributed by atoms with Gasteiger partial charge in [-0.3, -0.25) is 4.79 Å². The Hall–Kier alpha value is -3.75. The Kier molecular flexibility index (Phi) is 6.00. The minimum absolute atomic E-state index is 0.335. The van der Waals surface area contributed by atoms with Crippen LogP contribution in [-0.2, 0) is 0 Å². The lowest BCUT2D eigenvalue weighted by Gasteiger charge is -2.09. The molecule has 2 heterocycles. The molecule has 0 aliphatic rings. The van der Waals surface area contributed by atoms with E-state index in [4.69, 9.17) is 16.1 Å². The number of hydrogen-bond acceptors (Lipinski definition) is 5. The molecule has 0 bridgehead atoms.